The lowest BCUT2D eigenvalue weighted by atomic mass is 10.0. The van der Waals surface area contributed by atoms with E-state index in [1.54, 1.807) is 0 Å². The number of aliphatic hydroxyl groups is 4. The monoisotopic (exact) mass is 406 g/mol. The Balaban J connectivity index is 0. The molecular formula is C22H46O6. The number of rotatable bonds is 19. The third kappa shape index (κ3) is 27.5. The van der Waals surface area contributed by atoms with Crippen LogP contribution in [0.15, 0.2) is 0 Å². The summed E-state index contributed by atoms with van der Waals surface area (Å²) >= 11 is 0. The molecule has 0 rings (SSSR count). The van der Waals surface area contributed by atoms with E-state index in [0.29, 0.717) is 6.42 Å². The van der Waals surface area contributed by atoms with Crippen molar-refractivity contribution < 1.29 is 30.3 Å². The third-order valence-electron chi connectivity index (χ3n) is 4.76. The number of hydrogen-bond donors (Lipinski definition) is 5. The number of unbranched alkanes of at least 4 members (excludes halogenated alkanes) is 14. The van der Waals surface area contributed by atoms with E-state index in [2.05, 4.69) is 6.92 Å². The predicted molar refractivity (Wildman–Crippen MR) is 113 cm³/mol. The van der Waals surface area contributed by atoms with Crippen molar-refractivity contribution in [2.45, 2.75) is 128 Å². The molecule has 0 aromatic rings. The van der Waals surface area contributed by atoms with Crippen LogP contribution < -0.4 is 0 Å². The van der Waals surface area contributed by atoms with Gasteiger partial charge in [0, 0.05) is 19.4 Å². The molecule has 0 saturated carbocycles. The highest BCUT2D eigenvalue weighted by Gasteiger charge is 2.10. The van der Waals surface area contributed by atoms with Gasteiger partial charge in [-0.1, -0.05) is 96.8 Å². The van der Waals surface area contributed by atoms with Crippen molar-refractivity contribution in [3.05, 3.63) is 0 Å². The Morgan fingerprint density at radius 3 is 1.29 bits per heavy atom. The second-order valence-electron chi connectivity index (χ2n) is 7.59. The molecule has 1 unspecified atom stereocenters. The quantitative estimate of drug-likeness (QED) is 0.160. The molecule has 0 aliphatic heterocycles. The van der Waals surface area contributed by atoms with Gasteiger partial charge < -0.3 is 25.5 Å². The fourth-order valence-corrected chi connectivity index (χ4v) is 2.93. The Morgan fingerprint density at radius 2 is 1.04 bits per heavy atom. The molecule has 5 N–H and O–H groups in total. The highest BCUT2D eigenvalue weighted by molar-refractivity contribution is 5.66. The zero-order valence-corrected chi connectivity index (χ0v) is 18.0. The summed E-state index contributed by atoms with van der Waals surface area (Å²) in [6, 6.07) is 0. The van der Waals surface area contributed by atoms with Crippen LogP contribution in [0.25, 0.3) is 0 Å². The van der Waals surface area contributed by atoms with Gasteiger partial charge in [-0.25, -0.2) is 0 Å². The highest BCUT2D eigenvalue weighted by Crippen LogP contribution is 2.13. The Morgan fingerprint density at radius 1 is 0.679 bits per heavy atom. The van der Waals surface area contributed by atoms with Gasteiger partial charge in [-0.3, -0.25) is 4.79 Å². The molecule has 0 radical (unpaired) electrons. The number of hydrogen-bond acceptors (Lipinski definition) is 5. The first-order valence-corrected chi connectivity index (χ1v) is 11.3. The van der Waals surface area contributed by atoms with E-state index in [-0.39, 0.29) is 13.0 Å². The first-order chi connectivity index (χ1) is 13.5. The smallest absolute Gasteiger partial charge is 0.303 e. The zero-order valence-electron chi connectivity index (χ0n) is 18.0. The standard InChI is InChI=1S/C18H36O2.C4H10O4/c1-2-3-4-5-6-7-8-9-10-11-12-13-14-15-16-17-18(19)20;5-2-1-3(6)4(7)8/h2-17H2,1H3,(H,19,20);3-8H,1-2H2. The van der Waals surface area contributed by atoms with Gasteiger partial charge in [0.25, 0.3) is 0 Å². The van der Waals surface area contributed by atoms with Gasteiger partial charge in [0.2, 0.25) is 0 Å². The Hall–Kier alpha value is -0.690. The van der Waals surface area contributed by atoms with E-state index >= 15 is 0 Å². The first-order valence-electron chi connectivity index (χ1n) is 11.3. The van der Waals surface area contributed by atoms with Crippen LogP contribution in [0.4, 0.5) is 0 Å². The normalized spacial score (nSPS) is 11.9. The molecule has 0 aliphatic rings. The summed E-state index contributed by atoms with van der Waals surface area (Å²) in [4.78, 5) is 10.3. The van der Waals surface area contributed by atoms with Crippen LogP contribution in [0.2, 0.25) is 0 Å². The van der Waals surface area contributed by atoms with E-state index in [1.165, 1.54) is 83.5 Å². The molecule has 6 heteroatoms. The molecule has 0 aromatic heterocycles. The third-order valence-corrected chi connectivity index (χ3v) is 4.76. The number of aliphatic carboxylic acids is 1. The van der Waals surface area contributed by atoms with Gasteiger partial charge in [0.15, 0.2) is 6.29 Å². The summed E-state index contributed by atoms with van der Waals surface area (Å²) in [5.74, 6) is -0.653. The molecule has 0 heterocycles. The van der Waals surface area contributed by atoms with E-state index in [9.17, 15) is 4.79 Å². The van der Waals surface area contributed by atoms with E-state index in [4.69, 9.17) is 25.5 Å². The molecule has 6 nitrogen and oxygen atoms in total. The van der Waals surface area contributed by atoms with Gasteiger partial charge in [0.1, 0.15) is 6.10 Å². The van der Waals surface area contributed by atoms with Gasteiger partial charge in [-0.05, 0) is 6.42 Å². The lowest BCUT2D eigenvalue weighted by Gasteiger charge is -2.08. The molecular weight excluding hydrogens is 360 g/mol. The molecule has 170 valence electrons. The average molecular weight is 407 g/mol. The number of carboxylic acids is 1. The average Bonchev–Trinajstić information content (AvgIpc) is 2.65. The minimum Gasteiger partial charge on any atom is -0.481 e. The Kier molecular flexibility index (Phi) is 25.7. The molecule has 0 amide bonds. The van der Waals surface area contributed by atoms with E-state index < -0.39 is 18.4 Å². The summed E-state index contributed by atoms with van der Waals surface area (Å²) in [5, 5.41) is 41.4. The van der Waals surface area contributed by atoms with Crippen LogP contribution >= 0.6 is 0 Å². The SMILES string of the molecule is CCCCCCCCCCCCCCCCCC(=O)O.OCCC(O)C(O)O. The summed E-state index contributed by atoms with van der Waals surface area (Å²) in [6.07, 6.45) is 17.2. The second kappa shape index (κ2) is 24.3. The zero-order chi connectivity index (χ0) is 21.5. The van der Waals surface area contributed by atoms with E-state index in [0.717, 1.165) is 12.8 Å². The number of carbonyl (C=O) groups is 1. The predicted octanol–water partition coefficient (Wildman–Crippen LogP) is 4.37. The van der Waals surface area contributed by atoms with Gasteiger partial charge in [-0.2, -0.15) is 0 Å². The van der Waals surface area contributed by atoms with Crippen molar-refractivity contribution in [3.63, 3.8) is 0 Å². The maximum absolute atomic E-state index is 10.3. The van der Waals surface area contributed by atoms with Crippen LogP contribution in [0.3, 0.4) is 0 Å². The molecule has 1 atom stereocenters. The summed E-state index contributed by atoms with van der Waals surface area (Å²) in [6.45, 7) is 2.03. The maximum atomic E-state index is 10.3. The molecule has 0 bridgehead atoms. The van der Waals surface area contributed by atoms with Crippen molar-refractivity contribution in [3.8, 4) is 0 Å². The minimum atomic E-state index is -1.73. The van der Waals surface area contributed by atoms with E-state index in [1.807, 2.05) is 0 Å². The molecule has 0 saturated heterocycles. The van der Waals surface area contributed by atoms with Gasteiger partial charge >= 0.3 is 5.97 Å². The van der Waals surface area contributed by atoms with Crippen LogP contribution in [0.1, 0.15) is 116 Å². The first kappa shape index (κ1) is 29.5. The van der Waals surface area contributed by atoms with Crippen molar-refractivity contribution in [2.75, 3.05) is 6.61 Å². The molecule has 0 aromatic carbocycles. The Labute approximate surface area is 172 Å². The fraction of sp³-hybridized carbons (Fsp3) is 0.955. The van der Waals surface area contributed by atoms with Gasteiger partial charge in [-0.15, -0.1) is 0 Å². The topological polar surface area (TPSA) is 118 Å². The van der Waals surface area contributed by atoms with Crippen molar-refractivity contribution in [1.82, 2.24) is 0 Å². The van der Waals surface area contributed by atoms with Crippen molar-refractivity contribution in [2.24, 2.45) is 0 Å². The summed E-state index contributed by atoms with van der Waals surface area (Å²) in [5.41, 5.74) is 0. The van der Waals surface area contributed by atoms with Crippen molar-refractivity contribution >= 4 is 5.97 Å². The fourth-order valence-electron chi connectivity index (χ4n) is 2.93. The van der Waals surface area contributed by atoms with Gasteiger partial charge in [0.05, 0.1) is 0 Å². The number of carboxylic acid groups (broad SMARTS) is 1. The molecule has 0 spiro atoms. The van der Waals surface area contributed by atoms with Crippen LogP contribution in [0, 0.1) is 0 Å². The Bertz CT molecular complexity index is 309. The largest absolute Gasteiger partial charge is 0.481 e. The summed E-state index contributed by atoms with van der Waals surface area (Å²) in [7, 11) is 0. The lowest BCUT2D eigenvalue weighted by molar-refractivity contribution is -0.137. The van der Waals surface area contributed by atoms with Crippen LogP contribution in [-0.4, -0.2) is 50.5 Å². The second-order valence-corrected chi connectivity index (χ2v) is 7.59. The summed E-state index contributed by atoms with van der Waals surface area (Å²) < 4.78 is 0. The molecule has 28 heavy (non-hydrogen) atoms. The van der Waals surface area contributed by atoms with Crippen LogP contribution in [0.5, 0.6) is 0 Å². The van der Waals surface area contributed by atoms with Crippen molar-refractivity contribution in [1.29, 1.82) is 0 Å². The highest BCUT2D eigenvalue weighted by atomic mass is 16.5. The molecule has 0 aliphatic carbocycles. The number of aliphatic hydroxyl groups excluding tert-OH is 3. The maximum Gasteiger partial charge on any atom is 0.303 e. The van der Waals surface area contributed by atoms with Crippen LogP contribution in [-0.2, 0) is 4.79 Å². The lowest BCUT2D eigenvalue weighted by Crippen LogP contribution is -2.25. The molecule has 0 fully saturated rings. The minimum absolute atomic E-state index is 0.00231.